The molecular weight excluding hydrogens is 455 g/mol. The molecule has 0 bridgehead atoms. The van der Waals surface area contributed by atoms with E-state index in [-0.39, 0.29) is 16.7 Å². The number of likely N-dealkylation sites (tertiary alicyclic amines) is 1. The number of pyridine rings is 1. The molecule has 3 aromatic rings. The number of benzene rings is 1. The molecule has 0 N–H and O–H groups in total. The highest BCUT2D eigenvalue weighted by atomic mass is 32.2. The molecule has 4 heterocycles. The Labute approximate surface area is 199 Å². The van der Waals surface area contributed by atoms with Crippen LogP contribution in [0, 0.1) is 12.7 Å². The number of piperidine rings is 2. The van der Waals surface area contributed by atoms with Crippen LogP contribution in [0.4, 0.5) is 4.39 Å². The van der Waals surface area contributed by atoms with Crippen LogP contribution in [0.25, 0.3) is 5.52 Å². The van der Waals surface area contributed by atoms with Gasteiger partial charge < -0.3 is 4.90 Å². The third-order valence-corrected chi connectivity index (χ3v) is 9.15. The third-order valence-electron chi connectivity index (χ3n) is 7.11. The molecule has 2 saturated heterocycles. The van der Waals surface area contributed by atoms with Crippen LogP contribution >= 0.6 is 0 Å². The first-order chi connectivity index (χ1) is 16.3. The van der Waals surface area contributed by atoms with Crippen LogP contribution in [0.15, 0.2) is 47.6 Å². The Morgan fingerprint density at radius 3 is 2.50 bits per heavy atom. The molecule has 180 valence electrons. The molecule has 7 nitrogen and oxygen atoms in total. The smallest absolute Gasteiger partial charge is 0.257 e. The Kier molecular flexibility index (Phi) is 6.16. The van der Waals surface area contributed by atoms with Crippen molar-refractivity contribution in [3.05, 3.63) is 65.2 Å². The number of aromatic nitrogens is 2. The van der Waals surface area contributed by atoms with Crippen LogP contribution in [0.1, 0.15) is 59.5 Å². The van der Waals surface area contributed by atoms with E-state index in [1.807, 2.05) is 23.2 Å². The maximum absolute atomic E-state index is 13.7. The minimum absolute atomic E-state index is 0.0261. The summed E-state index contributed by atoms with van der Waals surface area (Å²) in [6.07, 6.45) is 8.07. The van der Waals surface area contributed by atoms with Crippen molar-refractivity contribution in [1.29, 1.82) is 0 Å². The van der Waals surface area contributed by atoms with Crippen molar-refractivity contribution in [1.82, 2.24) is 18.8 Å². The first-order valence-electron chi connectivity index (χ1n) is 11.9. The molecule has 1 aromatic carbocycles. The van der Waals surface area contributed by atoms with Gasteiger partial charge in [0.15, 0.2) is 0 Å². The third kappa shape index (κ3) is 4.22. The second-order valence-electron chi connectivity index (χ2n) is 9.29. The predicted octanol–water partition coefficient (Wildman–Crippen LogP) is 3.98. The average molecular weight is 485 g/mol. The summed E-state index contributed by atoms with van der Waals surface area (Å²) in [6, 6.07) is 7.90. The Hall–Kier alpha value is -2.78. The number of sulfonamides is 1. The van der Waals surface area contributed by atoms with Gasteiger partial charge in [-0.1, -0.05) is 6.07 Å². The fraction of sp³-hybridized carbons (Fsp3) is 0.440. The summed E-state index contributed by atoms with van der Waals surface area (Å²) in [5.74, 6) is -0.348. The number of carbonyl (C=O) groups excluding carboxylic acids is 1. The zero-order valence-corrected chi connectivity index (χ0v) is 20.1. The average Bonchev–Trinajstić information content (AvgIpc) is 3.29. The SMILES string of the molecule is Cc1ccc(F)cc1S(=O)(=O)N1CCC(c2ccn3ncc(C(=O)N4CCCCC4)c3c2)CC1. The number of carbonyl (C=O) groups is 1. The molecule has 34 heavy (non-hydrogen) atoms. The van der Waals surface area contributed by atoms with E-state index in [0.29, 0.717) is 37.1 Å². The van der Waals surface area contributed by atoms with Gasteiger partial charge in [-0.3, -0.25) is 4.79 Å². The molecule has 2 aliphatic rings. The minimum Gasteiger partial charge on any atom is -0.339 e. The summed E-state index contributed by atoms with van der Waals surface area (Å²) in [4.78, 5) is 15.0. The Balaban J connectivity index is 1.34. The second-order valence-corrected chi connectivity index (χ2v) is 11.2. The van der Waals surface area contributed by atoms with Crippen molar-refractivity contribution in [3.8, 4) is 0 Å². The molecule has 1 amide bonds. The van der Waals surface area contributed by atoms with Gasteiger partial charge in [0.05, 0.1) is 22.2 Å². The summed E-state index contributed by atoms with van der Waals surface area (Å²) in [7, 11) is -3.75. The van der Waals surface area contributed by atoms with Gasteiger partial charge in [-0.15, -0.1) is 0 Å². The van der Waals surface area contributed by atoms with Crippen molar-refractivity contribution in [2.75, 3.05) is 26.2 Å². The van der Waals surface area contributed by atoms with E-state index in [9.17, 15) is 17.6 Å². The maximum Gasteiger partial charge on any atom is 0.257 e. The lowest BCUT2D eigenvalue weighted by atomic mass is 9.90. The van der Waals surface area contributed by atoms with Gasteiger partial charge in [0.2, 0.25) is 10.0 Å². The summed E-state index contributed by atoms with van der Waals surface area (Å²) in [5, 5.41) is 4.37. The van der Waals surface area contributed by atoms with E-state index in [1.54, 1.807) is 17.6 Å². The highest BCUT2D eigenvalue weighted by Crippen LogP contribution is 2.32. The summed E-state index contributed by atoms with van der Waals surface area (Å²) < 4.78 is 43.1. The number of hydrogen-bond donors (Lipinski definition) is 0. The first kappa shape index (κ1) is 23.0. The minimum atomic E-state index is -3.75. The van der Waals surface area contributed by atoms with Crippen molar-refractivity contribution in [2.45, 2.75) is 49.8 Å². The fourth-order valence-corrected chi connectivity index (χ4v) is 6.81. The maximum atomic E-state index is 13.7. The molecule has 0 atom stereocenters. The molecule has 0 saturated carbocycles. The van der Waals surface area contributed by atoms with Gasteiger partial charge in [0.1, 0.15) is 5.82 Å². The van der Waals surface area contributed by atoms with E-state index in [4.69, 9.17) is 0 Å². The number of halogens is 1. The van der Waals surface area contributed by atoms with E-state index in [1.165, 1.54) is 16.4 Å². The normalized spacial score (nSPS) is 18.5. The quantitative estimate of drug-likeness (QED) is 0.562. The number of rotatable bonds is 4. The number of aryl methyl sites for hydroxylation is 1. The fourth-order valence-electron chi connectivity index (χ4n) is 5.10. The van der Waals surface area contributed by atoms with Gasteiger partial charge in [0, 0.05) is 32.4 Å². The van der Waals surface area contributed by atoms with Crippen LogP contribution in [-0.2, 0) is 10.0 Å². The van der Waals surface area contributed by atoms with Gasteiger partial charge >= 0.3 is 0 Å². The Morgan fingerprint density at radius 1 is 1.03 bits per heavy atom. The largest absolute Gasteiger partial charge is 0.339 e. The topological polar surface area (TPSA) is 75.0 Å². The second kappa shape index (κ2) is 9.11. The molecule has 2 fully saturated rings. The number of hydrogen-bond acceptors (Lipinski definition) is 4. The Bertz CT molecular complexity index is 1320. The van der Waals surface area contributed by atoms with Crippen LogP contribution < -0.4 is 0 Å². The van der Waals surface area contributed by atoms with Gasteiger partial charge in [-0.25, -0.2) is 17.3 Å². The number of nitrogens with zero attached hydrogens (tertiary/aromatic N) is 4. The Morgan fingerprint density at radius 2 is 1.76 bits per heavy atom. The molecule has 2 aliphatic heterocycles. The monoisotopic (exact) mass is 484 g/mol. The molecule has 0 radical (unpaired) electrons. The molecular formula is C25H29FN4O3S. The van der Waals surface area contributed by atoms with Crippen LogP contribution in [0.2, 0.25) is 0 Å². The van der Waals surface area contributed by atoms with Crippen molar-refractivity contribution < 1.29 is 17.6 Å². The molecule has 5 rings (SSSR count). The summed E-state index contributed by atoms with van der Waals surface area (Å²) in [5.41, 5.74) is 3.03. The van der Waals surface area contributed by atoms with E-state index < -0.39 is 15.8 Å². The molecule has 9 heteroatoms. The van der Waals surface area contributed by atoms with Crippen molar-refractivity contribution in [3.63, 3.8) is 0 Å². The summed E-state index contributed by atoms with van der Waals surface area (Å²) in [6.45, 7) is 3.99. The molecule has 0 unspecified atom stereocenters. The van der Waals surface area contributed by atoms with E-state index in [0.717, 1.165) is 49.5 Å². The standard InChI is InChI=1S/C25H29FN4O3S/c1-18-5-6-21(26)16-24(18)34(32,33)29-12-7-19(8-13-29)20-9-14-30-23(15-20)22(17-27-30)25(31)28-10-3-2-4-11-28/h5-6,9,14-17,19H,2-4,7-8,10-13H2,1H3. The molecule has 0 aliphatic carbocycles. The highest BCUT2D eigenvalue weighted by molar-refractivity contribution is 7.89. The zero-order chi connectivity index (χ0) is 23.9. The van der Waals surface area contributed by atoms with Gasteiger partial charge in [-0.05, 0) is 80.3 Å². The van der Waals surface area contributed by atoms with Gasteiger partial charge in [0.25, 0.3) is 5.91 Å². The predicted molar refractivity (Wildman–Crippen MR) is 127 cm³/mol. The van der Waals surface area contributed by atoms with Crippen molar-refractivity contribution in [2.24, 2.45) is 0 Å². The number of amides is 1. The molecule has 0 spiro atoms. The van der Waals surface area contributed by atoms with Gasteiger partial charge in [-0.2, -0.15) is 9.40 Å². The van der Waals surface area contributed by atoms with E-state index >= 15 is 0 Å². The van der Waals surface area contributed by atoms with Crippen LogP contribution in [0.5, 0.6) is 0 Å². The highest BCUT2D eigenvalue weighted by Gasteiger charge is 2.31. The van der Waals surface area contributed by atoms with Crippen LogP contribution in [-0.4, -0.2) is 59.3 Å². The lowest BCUT2D eigenvalue weighted by Gasteiger charge is -2.32. The van der Waals surface area contributed by atoms with E-state index in [2.05, 4.69) is 5.10 Å². The zero-order valence-electron chi connectivity index (χ0n) is 19.3. The lowest BCUT2D eigenvalue weighted by Crippen LogP contribution is -2.38. The molecule has 2 aromatic heterocycles. The van der Waals surface area contributed by atoms with Crippen molar-refractivity contribution >= 4 is 21.4 Å². The first-order valence-corrected chi connectivity index (χ1v) is 13.3. The summed E-state index contributed by atoms with van der Waals surface area (Å²) >= 11 is 0. The number of fused-ring (bicyclic) bond motifs is 1. The lowest BCUT2D eigenvalue weighted by molar-refractivity contribution is 0.0726. The van der Waals surface area contributed by atoms with Crippen LogP contribution in [0.3, 0.4) is 0 Å².